The number of aliphatic carboxylic acids is 1. The summed E-state index contributed by atoms with van der Waals surface area (Å²) in [5, 5.41) is 10.7. The van der Waals surface area contributed by atoms with Crippen LogP contribution >= 0.6 is 11.8 Å². The molecule has 2 N–H and O–H groups in total. The smallest absolute Gasteiger partial charge is 0.322 e. The Balaban J connectivity index is 2.37. The van der Waals surface area contributed by atoms with Crippen molar-refractivity contribution in [3.8, 4) is 0 Å². The van der Waals surface area contributed by atoms with Gasteiger partial charge in [-0.3, -0.25) is 9.59 Å². The Bertz CT molecular complexity index is 393. The minimum absolute atomic E-state index is 0.234. The Morgan fingerprint density at radius 1 is 1.38 bits per heavy atom. The molecule has 0 aromatic heterocycles. The number of rotatable bonds is 5. The van der Waals surface area contributed by atoms with E-state index >= 15 is 0 Å². The molecule has 1 rings (SSSR count). The lowest BCUT2D eigenvalue weighted by Crippen LogP contribution is -2.30. The van der Waals surface area contributed by atoms with Crippen LogP contribution in [0.2, 0.25) is 0 Å². The van der Waals surface area contributed by atoms with Crippen molar-refractivity contribution in [3.63, 3.8) is 0 Å². The van der Waals surface area contributed by atoms with E-state index in [2.05, 4.69) is 5.32 Å². The molecule has 16 heavy (non-hydrogen) atoms. The zero-order valence-corrected chi connectivity index (χ0v) is 9.71. The molecule has 86 valence electrons. The van der Waals surface area contributed by atoms with E-state index in [0.717, 1.165) is 10.5 Å². The van der Waals surface area contributed by atoms with Crippen LogP contribution < -0.4 is 5.32 Å². The SMILES string of the molecule is Cc1ccccc1SCC(=O)NCC(=O)O. The maximum atomic E-state index is 11.2. The van der Waals surface area contributed by atoms with Gasteiger partial charge in [0.25, 0.3) is 0 Å². The summed E-state index contributed by atoms with van der Waals surface area (Å²) in [5.74, 6) is -1.07. The average Bonchev–Trinajstić information content (AvgIpc) is 2.25. The molecule has 0 saturated heterocycles. The van der Waals surface area contributed by atoms with E-state index in [0.29, 0.717) is 0 Å². The summed E-state index contributed by atoms with van der Waals surface area (Å²) in [6, 6.07) is 7.75. The molecule has 0 atom stereocenters. The molecule has 5 heteroatoms. The van der Waals surface area contributed by atoms with Gasteiger partial charge in [-0.15, -0.1) is 11.8 Å². The van der Waals surface area contributed by atoms with Crippen molar-refractivity contribution in [2.24, 2.45) is 0 Å². The third-order valence-corrected chi connectivity index (χ3v) is 3.06. The number of aryl methyl sites for hydroxylation is 1. The number of amides is 1. The molecular formula is C11H13NO3S. The van der Waals surface area contributed by atoms with Crippen molar-refractivity contribution in [2.75, 3.05) is 12.3 Å². The standard InChI is InChI=1S/C11H13NO3S/c1-8-4-2-3-5-9(8)16-7-10(13)12-6-11(14)15/h2-5H,6-7H2,1H3,(H,12,13)(H,14,15). The van der Waals surface area contributed by atoms with Crippen molar-refractivity contribution in [2.45, 2.75) is 11.8 Å². The number of nitrogens with one attached hydrogen (secondary N) is 1. The second-order valence-corrected chi connectivity index (χ2v) is 4.24. The average molecular weight is 239 g/mol. The van der Waals surface area contributed by atoms with Gasteiger partial charge < -0.3 is 10.4 Å². The lowest BCUT2D eigenvalue weighted by Gasteiger charge is -2.04. The molecule has 0 spiro atoms. The van der Waals surface area contributed by atoms with Gasteiger partial charge in [-0.2, -0.15) is 0 Å². The highest BCUT2D eigenvalue weighted by Gasteiger charge is 2.05. The van der Waals surface area contributed by atoms with E-state index in [1.54, 1.807) is 0 Å². The molecule has 0 aliphatic heterocycles. The summed E-state index contributed by atoms with van der Waals surface area (Å²) in [6.45, 7) is 1.64. The quantitative estimate of drug-likeness (QED) is 0.760. The number of carbonyl (C=O) groups is 2. The minimum atomic E-state index is -1.03. The topological polar surface area (TPSA) is 66.4 Å². The van der Waals surface area contributed by atoms with Gasteiger partial charge in [0, 0.05) is 4.90 Å². The van der Waals surface area contributed by atoms with Crippen LogP contribution in [0.4, 0.5) is 0 Å². The second kappa shape index (κ2) is 6.17. The molecule has 0 saturated carbocycles. The van der Waals surface area contributed by atoms with Crippen molar-refractivity contribution in [1.82, 2.24) is 5.32 Å². The molecule has 0 fully saturated rings. The van der Waals surface area contributed by atoms with Crippen LogP contribution in [0.3, 0.4) is 0 Å². The minimum Gasteiger partial charge on any atom is -0.480 e. The Hall–Kier alpha value is -1.49. The largest absolute Gasteiger partial charge is 0.480 e. The Morgan fingerprint density at radius 2 is 2.06 bits per heavy atom. The number of carbonyl (C=O) groups excluding carboxylic acids is 1. The highest BCUT2D eigenvalue weighted by Crippen LogP contribution is 2.21. The van der Waals surface area contributed by atoms with Crippen LogP contribution in [0.25, 0.3) is 0 Å². The van der Waals surface area contributed by atoms with Gasteiger partial charge in [-0.25, -0.2) is 0 Å². The summed E-state index contributed by atoms with van der Waals surface area (Å²) in [4.78, 5) is 22.5. The van der Waals surface area contributed by atoms with Gasteiger partial charge in [0.1, 0.15) is 6.54 Å². The van der Waals surface area contributed by atoms with E-state index in [1.165, 1.54) is 11.8 Å². The monoisotopic (exact) mass is 239 g/mol. The van der Waals surface area contributed by atoms with Crippen molar-refractivity contribution in [3.05, 3.63) is 29.8 Å². The van der Waals surface area contributed by atoms with Gasteiger partial charge in [-0.1, -0.05) is 18.2 Å². The first-order chi connectivity index (χ1) is 7.59. The number of thioether (sulfide) groups is 1. The predicted molar refractivity (Wildman–Crippen MR) is 62.5 cm³/mol. The molecule has 0 heterocycles. The molecule has 0 unspecified atom stereocenters. The lowest BCUT2D eigenvalue weighted by molar-refractivity contribution is -0.137. The van der Waals surface area contributed by atoms with Crippen LogP contribution in [0.15, 0.2) is 29.2 Å². The summed E-state index contributed by atoms with van der Waals surface area (Å²) in [7, 11) is 0. The van der Waals surface area contributed by atoms with Gasteiger partial charge >= 0.3 is 5.97 Å². The molecule has 1 aromatic carbocycles. The van der Waals surface area contributed by atoms with Gasteiger partial charge in [0.2, 0.25) is 5.91 Å². The Morgan fingerprint density at radius 3 is 2.69 bits per heavy atom. The molecule has 1 aromatic rings. The summed E-state index contributed by atoms with van der Waals surface area (Å²) < 4.78 is 0. The van der Waals surface area contributed by atoms with Crippen LogP contribution in [0, 0.1) is 6.92 Å². The van der Waals surface area contributed by atoms with E-state index in [4.69, 9.17) is 5.11 Å². The fourth-order valence-corrected chi connectivity index (χ4v) is 1.95. The van der Waals surface area contributed by atoms with Gasteiger partial charge in [0.05, 0.1) is 5.75 Å². The van der Waals surface area contributed by atoms with Crippen LogP contribution in [0.5, 0.6) is 0 Å². The lowest BCUT2D eigenvalue weighted by atomic mass is 10.2. The van der Waals surface area contributed by atoms with E-state index in [1.807, 2.05) is 31.2 Å². The zero-order valence-electron chi connectivity index (χ0n) is 8.90. The fourth-order valence-electron chi connectivity index (χ4n) is 1.09. The number of carboxylic acid groups (broad SMARTS) is 1. The van der Waals surface area contributed by atoms with Crippen molar-refractivity contribution < 1.29 is 14.7 Å². The maximum absolute atomic E-state index is 11.2. The van der Waals surface area contributed by atoms with Crippen LogP contribution in [-0.4, -0.2) is 29.3 Å². The van der Waals surface area contributed by atoms with E-state index < -0.39 is 5.97 Å². The fraction of sp³-hybridized carbons (Fsp3) is 0.273. The Labute approximate surface area is 98.0 Å². The van der Waals surface area contributed by atoms with Gasteiger partial charge in [0.15, 0.2) is 0 Å². The molecule has 0 radical (unpaired) electrons. The first-order valence-corrected chi connectivity index (χ1v) is 5.75. The summed E-state index contributed by atoms with van der Waals surface area (Å²) in [5.41, 5.74) is 1.11. The molecule has 1 amide bonds. The molecule has 4 nitrogen and oxygen atoms in total. The summed E-state index contributed by atoms with van der Waals surface area (Å²) in [6.07, 6.45) is 0. The number of hydrogen-bond donors (Lipinski definition) is 2. The highest BCUT2D eigenvalue weighted by atomic mass is 32.2. The second-order valence-electron chi connectivity index (χ2n) is 3.22. The van der Waals surface area contributed by atoms with Crippen LogP contribution in [-0.2, 0) is 9.59 Å². The molecule has 0 bridgehead atoms. The summed E-state index contributed by atoms with van der Waals surface area (Å²) >= 11 is 1.40. The number of benzene rings is 1. The maximum Gasteiger partial charge on any atom is 0.322 e. The van der Waals surface area contributed by atoms with E-state index in [-0.39, 0.29) is 18.2 Å². The molecular weight excluding hydrogens is 226 g/mol. The van der Waals surface area contributed by atoms with Crippen LogP contribution in [0.1, 0.15) is 5.56 Å². The highest BCUT2D eigenvalue weighted by molar-refractivity contribution is 8.00. The third kappa shape index (κ3) is 4.35. The normalized spacial score (nSPS) is 9.81. The predicted octanol–water partition coefficient (Wildman–Crippen LogP) is 1.29. The first-order valence-electron chi connectivity index (χ1n) is 4.76. The Kier molecular flexibility index (Phi) is 4.85. The van der Waals surface area contributed by atoms with Crippen molar-refractivity contribution in [1.29, 1.82) is 0 Å². The van der Waals surface area contributed by atoms with E-state index in [9.17, 15) is 9.59 Å². The molecule has 0 aliphatic carbocycles. The zero-order chi connectivity index (χ0) is 12.0. The molecule has 0 aliphatic rings. The number of carboxylic acids is 1. The van der Waals surface area contributed by atoms with Crippen molar-refractivity contribution >= 4 is 23.6 Å². The first kappa shape index (κ1) is 12.6. The van der Waals surface area contributed by atoms with Gasteiger partial charge in [-0.05, 0) is 18.6 Å². The number of hydrogen-bond acceptors (Lipinski definition) is 3. The third-order valence-electron chi connectivity index (χ3n) is 1.89.